The molecule has 0 saturated heterocycles. The molecule has 2 aromatic rings. The van der Waals surface area contributed by atoms with Crippen molar-refractivity contribution in [1.82, 2.24) is 0 Å². The molecule has 2 rings (SSSR count). The third kappa shape index (κ3) is 4.79. The van der Waals surface area contributed by atoms with Crippen molar-refractivity contribution in [2.45, 2.75) is 19.4 Å². The second kappa shape index (κ2) is 7.97. The molecule has 0 aliphatic heterocycles. The van der Waals surface area contributed by atoms with Gasteiger partial charge in [-0.2, -0.15) is 0 Å². The maximum Gasteiger partial charge on any atom is 0.248 e. The van der Waals surface area contributed by atoms with Gasteiger partial charge in [0, 0.05) is 10.2 Å². The minimum Gasteiger partial charge on any atom is -0.324 e. The molecule has 1 amide bonds. The smallest absolute Gasteiger partial charge is 0.248 e. The van der Waals surface area contributed by atoms with Gasteiger partial charge in [-0.25, -0.2) is 12.8 Å². The number of rotatable bonds is 6. The summed E-state index contributed by atoms with van der Waals surface area (Å²) < 4.78 is 40.4. The van der Waals surface area contributed by atoms with Gasteiger partial charge >= 0.3 is 0 Å². The molecule has 0 aromatic heterocycles. The maximum absolute atomic E-state index is 14.2. The summed E-state index contributed by atoms with van der Waals surface area (Å²) in [7, 11) is -3.87. The molecule has 25 heavy (non-hydrogen) atoms. The minimum absolute atomic E-state index is 0.150. The lowest BCUT2D eigenvalue weighted by Crippen LogP contribution is -2.47. The number of halogens is 2. The zero-order valence-corrected chi connectivity index (χ0v) is 16.1. The molecular formula is C17H18BrFN2O3S. The predicted octanol–water partition coefficient (Wildman–Crippen LogP) is 3.77. The van der Waals surface area contributed by atoms with Gasteiger partial charge in [0.25, 0.3) is 0 Å². The van der Waals surface area contributed by atoms with Crippen molar-refractivity contribution < 1.29 is 17.6 Å². The van der Waals surface area contributed by atoms with Crippen LogP contribution in [0.5, 0.6) is 0 Å². The van der Waals surface area contributed by atoms with Crippen molar-refractivity contribution in [3.05, 3.63) is 58.8 Å². The van der Waals surface area contributed by atoms with E-state index in [0.717, 1.165) is 21.1 Å². The van der Waals surface area contributed by atoms with Crippen molar-refractivity contribution in [1.29, 1.82) is 0 Å². The molecule has 0 radical (unpaired) electrons. The number of carbonyl (C=O) groups excluding carboxylic acids is 1. The Morgan fingerprint density at radius 3 is 2.32 bits per heavy atom. The lowest BCUT2D eigenvalue weighted by Gasteiger charge is -2.30. The standard InChI is InChI=1S/C17H18BrFN2O3S/c1-3-15(17(22)20-13-10-8-12(18)9-11-13)21(25(2,23)24)16-7-5-4-6-14(16)19/h4-11,15H,3H2,1-2H3,(H,20,22)/t15-/m0/s1. The number of benzene rings is 2. The number of anilines is 2. The van der Waals surface area contributed by atoms with Crippen molar-refractivity contribution in [3.63, 3.8) is 0 Å². The predicted molar refractivity (Wildman–Crippen MR) is 101 cm³/mol. The molecule has 2 aromatic carbocycles. The SMILES string of the molecule is CC[C@@H](C(=O)Nc1ccc(Br)cc1)N(c1ccccc1F)S(C)(=O)=O. The molecule has 0 spiro atoms. The highest BCUT2D eigenvalue weighted by atomic mass is 79.9. The number of para-hydroxylation sites is 1. The van der Waals surface area contributed by atoms with Crippen LogP contribution in [-0.2, 0) is 14.8 Å². The van der Waals surface area contributed by atoms with Crippen LogP contribution < -0.4 is 9.62 Å². The summed E-state index contributed by atoms with van der Waals surface area (Å²) in [5.41, 5.74) is 0.372. The molecule has 1 N–H and O–H groups in total. The Kier molecular flexibility index (Phi) is 6.18. The van der Waals surface area contributed by atoms with Gasteiger partial charge in [-0.15, -0.1) is 0 Å². The Labute approximate surface area is 155 Å². The van der Waals surface area contributed by atoms with E-state index in [-0.39, 0.29) is 12.1 Å². The zero-order chi connectivity index (χ0) is 18.6. The summed E-state index contributed by atoms with van der Waals surface area (Å²) in [5, 5.41) is 2.67. The van der Waals surface area contributed by atoms with Gasteiger partial charge in [0.05, 0.1) is 11.9 Å². The Bertz CT molecular complexity index is 856. The fourth-order valence-corrected chi connectivity index (χ4v) is 3.90. The van der Waals surface area contributed by atoms with Gasteiger partial charge < -0.3 is 5.32 Å². The fourth-order valence-electron chi connectivity index (χ4n) is 2.42. The van der Waals surface area contributed by atoms with Crippen molar-refractivity contribution in [2.24, 2.45) is 0 Å². The first kappa shape index (κ1) is 19.4. The Balaban J connectivity index is 2.38. The van der Waals surface area contributed by atoms with Gasteiger partial charge in [0.1, 0.15) is 11.9 Å². The topological polar surface area (TPSA) is 66.5 Å². The lowest BCUT2D eigenvalue weighted by atomic mass is 10.1. The van der Waals surface area contributed by atoms with E-state index in [1.165, 1.54) is 18.2 Å². The van der Waals surface area contributed by atoms with Gasteiger partial charge in [-0.05, 0) is 42.8 Å². The number of hydrogen-bond acceptors (Lipinski definition) is 3. The van der Waals surface area contributed by atoms with E-state index in [4.69, 9.17) is 0 Å². The van der Waals surface area contributed by atoms with Crippen LogP contribution in [0.4, 0.5) is 15.8 Å². The Morgan fingerprint density at radius 2 is 1.80 bits per heavy atom. The van der Waals surface area contributed by atoms with Gasteiger partial charge in [-0.1, -0.05) is 35.0 Å². The summed E-state index contributed by atoms with van der Waals surface area (Å²) in [6.45, 7) is 1.67. The van der Waals surface area contributed by atoms with E-state index in [1.54, 1.807) is 31.2 Å². The molecule has 0 saturated carbocycles. The van der Waals surface area contributed by atoms with E-state index in [9.17, 15) is 17.6 Å². The van der Waals surface area contributed by atoms with Crippen LogP contribution in [-0.4, -0.2) is 26.6 Å². The van der Waals surface area contributed by atoms with Crippen molar-refractivity contribution in [2.75, 3.05) is 15.9 Å². The Hall–Kier alpha value is -1.93. The zero-order valence-electron chi connectivity index (χ0n) is 13.7. The second-order valence-corrected chi connectivity index (χ2v) is 8.21. The van der Waals surface area contributed by atoms with Crippen molar-refractivity contribution >= 4 is 43.2 Å². The third-order valence-electron chi connectivity index (χ3n) is 3.53. The number of hydrogen-bond donors (Lipinski definition) is 1. The van der Waals surface area contributed by atoms with Gasteiger partial charge in [0.15, 0.2) is 0 Å². The Morgan fingerprint density at radius 1 is 1.20 bits per heavy atom. The highest BCUT2D eigenvalue weighted by Gasteiger charge is 2.33. The quantitative estimate of drug-likeness (QED) is 0.761. The lowest BCUT2D eigenvalue weighted by molar-refractivity contribution is -0.117. The summed E-state index contributed by atoms with van der Waals surface area (Å²) in [5.74, 6) is -1.23. The average Bonchev–Trinajstić information content (AvgIpc) is 2.54. The normalized spacial score (nSPS) is 12.5. The summed E-state index contributed by atoms with van der Waals surface area (Å²) in [6, 6.07) is 11.3. The second-order valence-electron chi connectivity index (χ2n) is 5.43. The van der Waals surface area contributed by atoms with Crippen LogP contribution in [0.3, 0.4) is 0 Å². The molecule has 0 fully saturated rings. The van der Waals surface area contributed by atoms with E-state index < -0.39 is 27.8 Å². The molecule has 0 unspecified atom stereocenters. The molecule has 0 heterocycles. The summed E-state index contributed by atoms with van der Waals surface area (Å²) in [6.07, 6.45) is 1.14. The van der Waals surface area contributed by atoms with Gasteiger partial charge in [0.2, 0.25) is 15.9 Å². The highest BCUT2D eigenvalue weighted by Crippen LogP contribution is 2.26. The summed E-state index contributed by atoms with van der Waals surface area (Å²) in [4.78, 5) is 12.6. The van der Waals surface area contributed by atoms with Crippen LogP contribution in [0.15, 0.2) is 53.0 Å². The summed E-state index contributed by atoms with van der Waals surface area (Å²) >= 11 is 3.30. The molecule has 134 valence electrons. The molecule has 0 aliphatic rings. The molecular weight excluding hydrogens is 411 g/mol. The highest BCUT2D eigenvalue weighted by molar-refractivity contribution is 9.10. The van der Waals surface area contributed by atoms with Crippen molar-refractivity contribution in [3.8, 4) is 0 Å². The van der Waals surface area contributed by atoms with Gasteiger partial charge in [-0.3, -0.25) is 9.10 Å². The fraction of sp³-hybridized carbons (Fsp3) is 0.235. The number of carbonyl (C=O) groups is 1. The number of amides is 1. The van der Waals surface area contributed by atoms with Crippen LogP contribution in [0.2, 0.25) is 0 Å². The molecule has 5 nitrogen and oxygen atoms in total. The molecule has 0 aliphatic carbocycles. The average molecular weight is 429 g/mol. The molecule has 1 atom stereocenters. The van der Waals surface area contributed by atoms with Crippen LogP contribution in [0.1, 0.15) is 13.3 Å². The van der Waals surface area contributed by atoms with Crippen LogP contribution in [0.25, 0.3) is 0 Å². The first-order chi connectivity index (χ1) is 11.7. The minimum atomic E-state index is -3.87. The molecule has 0 bridgehead atoms. The number of sulfonamides is 1. The maximum atomic E-state index is 14.2. The van der Waals surface area contributed by atoms with E-state index >= 15 is 0 Å². The third-order valence-corrected chi connectivity index (χ3v) is 5.23. The van der Waals surface area contributed by atoms with Crippen LogP contribution >= 0.6 is 15.9 Å². The van der Waals surface area contributed by atoms with E-state index in [1.807, 2.05) is 0 Å². The largest absolute Gasteiger partial charge is 0.324 e. The first-order valence-electron chi connectivity index (χ1n) is 7.54. The molecule has 8 heteroatoms. The monoisotopic (exact) mass is 428 g/mol. The first-order valence-corrected chi connectivity index (χ1v) is 10.2. The number of nitrogens with zero attached hydrogens (tertiary/aromatic N) is 1. The van der Waals surface area contributed by atoms with E-state index in [0.29, 0.717) is 5.69 Å². The van der Waals surface area contributed by atoms with E-state index in [2.05, 4.69) is 21.2 Å². The van der Waals surface area contributed by atoms with Crippen LogP contribution in [0, 0.1) is 5.82 Å². The number of nitrogens with one attached hydrogen (secondary N) is 1.